The number of aryl methyl sites for hydroxylation is 2. The van der Waals surface area contributed by atoms with Crippen molar-refractivity contribution in [3.8, 4) is 0 Å². The highest BCUT2D eigenvalue weighted by Gasteiger charge is 2.04. The molecular formula is C14H20N4O. The molecule has 0 aliphatic heterocycles. The van der Waals surface area contributed by atoms with E-state index in [2.05, 4.69) is 15.6 Å². The molecule has 0 radical (unpaired) electrons. The van der Waals surface area contributed by atoms with E-state index >= 15 is 0 Å². The van der Waals surface area contributed by atoms with Crippen LogP contribution in [0.15, 0.2) is 35.5 Å². The molecule has 4 N–H and O–H groups in total. The molecule has 0 bridgehead atoms. The predicted octanol–water partition coefficient (Wildman–Crippen LogP) is 2.66. The van der Waals surface area contributed by atoms with Gasteiger partial charge in [0, 0.05) is 11.9 Å². The molecule has 0 unspecified atom stereocenters. The molecule has 0 spiro atoms. The Kier molecular flexibility index (Phi) is 5.60. The number of urea groups is 1. The SMILES string of the molecule is CC/C=C\N=C(NC(N)=O)Nc1ccc(C)cc1C. The Balaban J connectivity index is 2.90. The summed E-state index contributed by atoms with van der Waals surface area (Å²) in [6.45, 7) is 6.02. The fourth-order valence-electron chi connectivity index (χ4n) is 1.53. The van der Waals surface area contributed by atoms with Gasteiger partial charge < -0.3 is 11.1 Å². The third-order valence-corrected chi connectivity index (χ3v) is 2.42. The minimum atomic E-state index is -0.652. The van der Waals surface area contributed by atoms with Crippen LogP contribution in [0.4, 0.5) is 10.5 Å². The lowest BCUT2D eigenvalue weighted by Crippen LogP contribution is -2.39. The number of benzene rings is 1. The first-order chi connectivity index (χ1) is 9.02. The molecule has 0 heterocycles. The van der Waals surface area contributed by atoms with Crippen molar-refractivity contribution in [2.24, 2.45) is 10.7 Å². The smallest absolute Gasteiger partial charge is 0.318 e. The van der Waals surface area contributed by atoms with Crippen LogP contribution in [0, 0.1) is 13.8 Å². The maximum Gasteiger partial charge on any atom is 0.318 e. The van der Waals surface area contributed by atoms with Gasteiger partial charge in [0.1, 0.15) is 0 Å². The standard InChI is InChI=1S/C14H20N4O/c1-4-5-8-16-14(18-13(15)19)17-12-7-6-10(2)9-11(12)3/h5-9H,4H2,1-3H3,(H4,15,16,17,18,19)/b8-5-. The number of rotatable bonds is 3. The van der Waals surface area contributed by atoms with Gasteiger partial charge in [-0.2, -0.15) is 0 Å². The number of guanidine groups is 1. The summed E-state index contributed by atoms with van der Waals surface area (Å²) in [5.41, 5.74) is 8.24. The number of hydrogen-bond acceptors (Lipinski definition) is 2. The molecule has 2 amide bonds. The number of carbonyl (C=O) groups is 1. The number of aliphatic imine (C=N–C) groups is 1. The van der Waals surface area contributed by atoms with Crippen molar-refractivity contribution < 1.29 is 4.79 Å². The first-order valence-corrected chi connectivity index (χ1v) is 6.16. The number of nitrogens with one attached hydrogen (secondary N) is 2. The Morgan fingerprint density at radius 1 is 1.42 bits per heavy atom. The average Bonchev–Trinajstić information content (AvgIpc) is 2.32. The number of allylic oxidation sites excluding steroid dienone is 1. The van der Waals surface area contributed by atoms with E-state index in [1.807, 2.05) is 45.0 Å². The van der Waals surface area contributed by atoms with Gasteiger partial charge in [-0.25, -0.2) is 9.79 Å². The number of anilines is 1. The predicted molar refractivity (Wildman–Crippen MR) is 79.1 cm³/mol. The van der Waals surface area contributed by atoms with Gasteiger partial charge in [0.2, 0.25) is 5.96 Å². The fourth-order valence-corrected chi connectivity index (χ4v) is 1.53. The van der Waals surface area contributed by atoms with Crippen molar-refractivity contribution in [1.82, 2.24) is 5.32 Å². The van der Waals surface area contributed by atoms with Crippen molar-refractivity contribution in [2.45, 2.75) is 27.2 Å². The maximum atomic E-state index is 10.9. The topological polar surface area (TPSA) is 79.5 Å². The molecule has 0 aliphatic rings. The highest BCUT2D eigenvalue weighted by Crippen LogP contribution is 2.15. The Morgan fingerprint density at radius 3 is 2.74 bits per heavy atom. The molecule has 5 heteroatoms. The van der Waals surface area contributed by atoms with Crippen LogP contribution in [0.3, 0.4) is 0 Å². The number of nitrogens with two attached hydrogens (primary N) is 1. The monoisotopic (exact) mass is 260 g/mol. The van der Waals surface area contributed by atoms with E-state index < -0.39 is 6.03 Å². The van der Waals surface area contributed by atoms with E-state index in [1.54, 1.807) is 6.20 Å². The minimum absolute atomic E-state index is 0.309. The molecule has 19 heavy (non-hydrogen) atoms. The summed E-state index contributed by atoms with van der Waals surface area (Å²) >= 11 is 0. The summed E-state index contributed by atoms with van der Waals surface area (Å²) in [4.78, 5) is 15.1. The maximum absolute atomic E-state index is 10.9. The number of amides is 2. The largest absolute Gasteiger partial charge is 0.351 e. The fraction of sp³-hybridized carbons (Fsp3) is 0.286. The molecule has 1 rings (SSSR count). The van der Waals surface area contributed by atoms with Crippen molar-refractivity contribution in [3.05, 3.63) is 41.6 Å². The molecule has 0 saturated carbocycles. The molecule has 0 atom stereocenters. The summed E-state index contributed by atoms with van der Waals surface area (Å²) in [5, 5.41) is 5.51. The van der Waals surface area contributed by atoms with Crippen molar-refractivity contribution in [2.75, 3.05) is 5.32 Å². The Morgan fingerprint density at radius 2 is 2.16 bits per heavy atom. The summed E-state index contributed by atoms with van der Waals surface area (Å²) in [6.07, 6.45) is 4.38. The second-order valence-electron chi connectivity index (χ2n) is 4.20. The van der Waals surface area contributed by atoms with Crippen LogP contribution in [0.25, 0.3) is 0 Å². The van der Waals surface area contributed by atoms with Crippen LogP contribution in [0.1, 0.15) is 24.5 Å². The average molecular weight is 260 g/mol. The zero-order valence-corrected chi connectivity index (χ0v) is 11.5. The molecular weight excluding hydrogens is 240 g/mol. The zero-order valence-electron chi connectivity index (χ0n) is 11.5. The lowest BCUT2D eigenvalue weighted by Gasteiger charge is -2.12. The van der Waals surface area contributed by atoms with Crippen LogP contribution < -0.4 is 16.4 Å². The van der Waals surface area contributed by atoms with Crippen LogP contribution >= 0.6 is 0 Å². The van der Waals surface area contributed by atoms with Gasteiger partial charge in [-0.15, -0.1) is 0 Å². The van der Waals surface area contributed by atoms with Gasteiger partial charge in [-0.05, 0) is 31.9 Å². The summed E-state index contributed by atoms with van der Waals surface area (Å²) in [7, 11) is 0. The lowest BCUT2D eigenvalue weighted by atomic mass is 10.1. The number of nitrogens with zero attached hydrogens (tertiary/aromatic N) is 1. The minimum Gasteiger partial charge on any atom is -0.351 e. The second kappa shape index (κ2) is 7.20. The van der Waals surface area contributed by atoms with E-state index in [9.17, 15) is 4.79 Å². The highest BCUT2D eigenvalue weighted by molar-refractivity contribution is 6.03. The molecule has 0 aliphatic carbocycles. The van der Waals surface area contributed by atoms with Gasteiger partial charge in [-0.1, -0.05) is 30.7 Å². The first-order valence-electron chi connectivity index (χ1n) is 6.16. The lowest BCUT2D eigenvalue weighted by molar-refractivity contribution is 0.253. The third kappa shape index (κ3) is 5.25. The van der Waals surface area contributed by atoms with Gasteiger partial charge in [-0.3, -0.25) is 5.32 Å². The quantitative estimate of drug-likeness (QED) is 0.577. The van der Waals surface area contributed by atoms with E-state index in [4.69, 9.17) is 5.73 Å². The summed E-state index contributed by atoms with van der Waals surface area (Å²) in [5.74, 6) is 0.309. The number of hydrogen-bond donors (Lipinski definition) is 3. The number of carbonyl (C=O) groups excluding carboxylic acids is 1. The van der Waals surface area contributed by atoms with Crippen molar-refractivity contribution >= 4 is 17.7 Å². The van der Waals surface area contributed by atoms with E-state index in [0.717, 1.165) is 17.7 Å². The molecule has 1 aromatic carbocycles. The molecule has 102 valence electrons. The molecule has 0 fully saturated rings. The van der Waals surface area contributed by atoms with E-state index in [-0.39, 0.29) is 0 Å². The molecule has 0 saturated heterocycles. The third-order valence-electron chi connectivity index (χ3n) is 2.42. The number of primary amides is 1. The molecule has 5 nitrogen and oxygen atoms in total. The molecule has 0 aromatic heterocycles. The van der Waals surface area contributed by atoms with E-state index in [0.29, 0.717) is 5.96 Å². The van der Waals surface area contributed by atoms with Gasteiger partial charge in [0.15, 0.2) is 0 Å². The van der Waals surface area contributed by atoms with Gasteiger partial charge >= 0.3 is 6.03 Å². The summed E-state index contributed by atoms with van der Waals surface area (Å²) < 4.78 is 0. The van der Waals surface area contributed by atoms with Crippen molar-refractivity contribution in [3.63, 3.8) is 0 Å². The van der Waals surface area contributed by atoms with Crippen LogP contribution in [0.2, 0.25) is 0 Å². The second-order valence-corrected chi connectivity index (χ2v) is 4.20. The Bertz CT molecular complexity index is 506. The zero-order chi connectivity index (χ0) is 14.3. The van der Waals surface area contributed by atoms with Crippen LogP contribution in [0.5, 0.6) is 0 Å². The normalized spacial score (nSPS) is 11.6. The first kappa shape index (κ1) is 14.8. The van der Waals surface area contributed by atoms with E-state index in [1.165, 1.54) is 5.56 Å². The molecule has 1 aromatic rings. The Hall–Kier alpha value is -2.30. The van der Waals surface area contributed by atoms with Crippen LogP contribution in [-0.2, 0) is 0 Å². The highest BCUT2D eigenvalue weighted by atomic mass is 16.2. The Labute approximate surface area is 113 Å². The summed E-state index contributed by atoms with van der Waals surface area (Å²) in [6, 6.07) is 5.32. The van der Waals surface area contributed by atoms with Crippen LogP contribution in [-0.4, -0.2) is 12.0 Å². The van der Waals surface area contributed by atoms with Crippen molar-refractivity contribution in [1.29, 1.82) is 0 Å². The van der Waals surface area contributed by atoms with Gasteiger partial charge in [0.25, 0.3) is 0 Å². The van der Waals surface area contributed by atoms with Gasteiger partial charge in [0.05, 0.1) is 0 Å².